The van der Waals surface area contributed by atoms with Crippen LogP contribution in [0.5, 0.6) is 5.88 Å². The lowest BCUT2D eigenvalue weighted by Gasteiger charge is -2.31. The Morgan fingerprint density at radius 3 is 3.03 bits per heavy atom. The number of anilines is 1. The maximum Gasteiger partial charge on any atom is 0.257 e. The summed E-state index contributed by atoms with van der Waals surface area (Å²) in [5, 5.41) is 7.36. The van der Waals surface area contributed by atoms with Gasteiger partial charge in [0.25, 0.3) is 5.91 Å². The smallest absolute Gasteiger partial charge is 0.257 e. The number of fused-ring (bicyclic) bond motifs is 5. The first kappa shape index (κ1) is 18.5. The molecular weight excluding hydrogens is 403 g/mol. The molecule has 1 saturated heterocycles. The van der Waals surface area contributed by atoms with Crippen LogP contribution in [-0.4, -0.2) is 57.4 Å². The van der Waals surface area contributed by atoms with Crippen molar-refractivity contribution in [2.45, 2.75) is 30.8 Å². The van der Waals surface area contributed by atoms with E-state index in [0.29, 0.717) is 54.7 Å². The minimum Gasteiger partial charge on any atom is -0.475 e. The third kappa shape index (κ3) is 3.18. The summed E-state index contributed by atoms with van der Waals surface area (Å²) in [5.74, 6) is 0.381. The number of hydrogen-bond donors (Lipinski definition) is 1. The number of ether oxygens (including phenoxy) is 2. The fourth-order valence-electron chi connectivity index (χ4n) is 4.32. The molecule has 3 aromatic heterocycles. The molecule has 3 aromatic rings. The molecule has 1 spiro atoms. The average Bonchev–Trinajstić information content (AvgIpc) is 3.46. The summed E-state index contributed by atoms with van der Waals surface area (Å²) in [4.78, 5) is 24.1. The van der Waals surface area contributed by atoms with E-state index in [4.69, 9.17) is 14.5 Å². The summed E-state index contributed by atoms with van der Waals surface area (Å²) in [5.41, 5.74) is 1.09. The number of carbonyl (C=O) groups excluding carboxylic acids is 1. The van der Waals surface area contributed by atoms with E-state index in [9.17, 15) is 9.18 Å². The number of amides is 1. The van der Waals surface area contributed by atoms with Crippen LogP contribution in [0.15, 0.2) is 30.7 Å². The van der Waals surface area contributed by atoms with Gasteiger partial charge in [-0.15, -0.1) is 0 Å². The van der Waals surface area contributed by atoms with Gasteiger partial charge in [0.15, 0.2) is 5.65 Å². The number of nitrogens with one attached hydrogen (secondary N) is 1. The average molecular weight is 424 g/mol. The zero-order valence-corrected chi connectivity index (χ0v) is 16.8. The molecule has 2 bridgehead atoms. The van der Waals surface area contributed by atoms with Gasteiger partial charge < -0.3 is 19.7 Å². The minimum atomic E-state index is -0.462. The van der Waals surface area contributed by atoms with Gasteiger partial charge in [0.05, 0.1) is 30.6 Å². The summed E-state index contributed by atoms with van der Waals surface area (Å²) in [6.07, 6.45) is 6.71. The van der Waals surface area contributed by atoms with Crippen LogP contribution >= 0.6 is 0 Å². The van der Waals surface area contributed by atoms with Crippen LogP contribution in [0.25, 0.3) is 5.65 Å². The van der Waals surface area contributed by atoms with Crippen molar-refractivity contribution in [3.05, 3.63) is 47.7 Å². The van der Waals surface area contributed by atoms with E-state index in [1.165, 1.54) is 12.3 Å². The van der Waals surface area contributed by atoms with Gasteiger partial charge in [-0.1, -0.05) is 0 Å². The third-order valence-electron chi connectivity index (χ3n) is 6.20. The molecule has 2 fully saturated rings. The number of carbonyl (C=O) groups is 1. The van der Waals surface area contributed by atoms with E-state index in [0.717, 1.165) is 19.0 Å². The van der Waals surface area contributed by atoms with Crippen molar-refractivity contribution >= 4 is 17.4 Å². The summed E-state index contributed by atoms with van der Waals surface area (Å²) in [6, 6.07) is 3.09. The van der Waals surface area contributed by atoms with Crippen LogP contribution < -0.4 is 15.0 Å². The molecule has 1 N–H and O–H groups in total. The molecule has 1 atom stereocenters. The normalized spacial score (nSPS) is 22.4. The van der Waals surface area contributed by atoms with Crippen LogP contribution in [0.2, 0.25) is 0 Å². The Kier molecular flexibility index (Phi) is 4.10. The molecule has 0 aromatic carbocycles. The van der Waals surface area contributed by atoms with Crippen LogP contribution in [0.4, 0.5) is 10.2 Å². The van der Waals surface area contributed by atoms with Crippen molar-refractivity contribution in [1.82, 2.24) is 24.9 Å². The van der Waals surface area contributed by atoms with Gasteiger partial charge in [0.1, 0.15) is 23.8 Å². The van der Waals surface area contributed by atoms with E-state index < -0.39 is 11.4 Å². The second kappa shape index (κ2) is 6.88. The molecule has 160 valence electrons. The maximum atomic E-state index is 14.3. The number of nitrogens with zero attached hydrogens (tertiary/aromatic N) is 5. The number of aromatic nitrogens is 4. The molecule has 1 saturated carbocycles. The van der Waals surface area contributed by atoms with Crippen molar-refractivity contribution in [3.63, 3.8) is 0 Å². The maximum absolute atomic E-state index is 14.3. The van der Waals surface area contributed by atoms with Crippen molar-refractivity contribution < 1.29 is 18.7 Å². The fraction of sp³-hybridized carbons (Fsp3) is 0.429. The van der Waals surface area contributed by atoms with Crippen LogP contribution in [0.1, 0.15) is 41.2 Å². The molecule has 5 heterocycles. The molecular formula is C21H21FN6O3. The topological polar surface area (TPSA) is 93.9 Å². The molecule has 10 heteroatoms. The zero-order chi connectivity index (χ0) is 21.0. The molecule has 0 radical (unpaired) electrons. The van der Waals surface area contributed by atoms with E-state index >= 15 is 0 Å². The van der Waals surface area contributed by atoms with Gasteiger partial charge in [-0.2, -0.15) is 5.10 Å². The second-order valence-electron chi connectivity index (χ2n) is 8.29. The number of rotatable bonds is 0. The summed E-state index contributed by atoms with van der Waals surface area (Å²) < 4.78 is 27.6. The zero-order valence-electron chi connectivity index (χ0n) is 16.8. The highest BCUT2D eigenvalue weighted by molar-refractivity contribution is 6.00. The Morgan fingerprint density at radius 1 is 1.26 bits per heavy atom. The van der Waals surface area contributed by atoms with E-state index in [1.54, 1.807) is 10.7 Å². The summed E-state index contributed by atoms with van der Waals surface area (Å²) in [7, 11) is 0. The van der Waals surface area contributed by atoms with Gasteiger partial charge in [-0.3, -0.25) is 4.79 Å². The lowest BCUT2D eigenvalue weighted by molar-refractivity contribution is 0.0913. The molecule has 3 aliphatic rings. The minimum absolute atomic E-state index is 0.233. The Labute approximate surface area is 177 Å². The first-order chi connectivity index (χ1) is 15.1. The van der Waals surface area contributed by atoms with E-state index in [-0.39, 0.29) is 18.6 Å². The monoisotopic (exact) mass is 424 g/mol. The van der Waals surface area contributed by atoms with Crippen LogP contribution in [-0.2, 0) is 4.74 Å². The first-order valence-corrected chi connectivity index (χ1v) is 10.4. The Hall–Kier alpha value is -3.27. The summed E-state index contributed by atoms with van der Waals surface area (Å²) in [6.45, 7) is 1.87. The van der Waals surface area contributed by atoms with Gasteiger partial charge in [-0.25, -0.2) is 18.9 Å². The van der Waals surface area contributed by atoms with Gasteiger partial charge >= 0.3 is 0 Å². The Balaban J connectivity index is 1.55. The number of halogens is 1. The third-order valence-corrected chi connectivity index (χ3v) is 6.20. The van der Waals surface area contributed by atoms with Gasteiger partial charge in [0, 0.05) is 24.9 Å². The number of pyridine rings is 1. The molecule has 9 nitrogen and oxygen atoms in total. The second-order valence-corrected chi connectivity index (χ2v) is 8.29. The first-order valence-electron chi connectivity index (χ1n) is 10.4. The summed E-state index contributed by atoms with van der Waals surface area (Å²) >= 11 is 0. The molecule has 0 unspecified atom stereocenters. The quantitative estimate of drug-likeness (QED) is 0.589. The van der Waals surface area contributed by atoms with E-state index in [1.807, 2.05) is 6.07 Å². The van der Waals surface area contributed by atoms with Gasteiger partial charge in [0.2, 0.25) is 5.88 Å². The number of hydrogen-bond acceptors (Lipinski definition) is 7. The fourth-order valence-corrected chi connectivity index (χ4v) is 4.32. The predicted octanol–water partition coefficient (Wildman–Crippen LogP) is 1.89. The highest BCUT2D eigenvalue weighted by Gasteiger charge is 2.46. The van der Waals surface area contributed by atoms with Crippen molar-refractivity contribution in [1.29, 1.82) is 0 Å². The highest BCUT2D eigenvalue weighted by atomic mass is 19.1. The van der Waals surface area contributed by atoms with E-state index in [2.05, 4.69) is 20.3 Å². The highest BCUT2D eigenvalue weighted by Crippen LogP contribution is 2.39. The Bertz CT molecular complexity index is 1180. The molecule has 1 amide bonds. The molecule has 6 rings (SSSR count). The van der Waals surface area contributed by atoms with Crippen molar-refractivity contribution in [2.75, 3.05) is 31.3 Å². The standard InChI is InChI=1S/C21H21FN6O3/c22-13-9-14-16-2-7-30-8-6-27(16)17-1-5-28-18(25-17)15(11-24-28)19(29)26-21(3-4-21)12-31-20(14)23-10-13/h1,5,9-11,16H,2-4,6-8,12H2,(H,26,29)/t16-/m1/s1. The molecule has 1 aliphatic carbocycles. The lowest BCUT2D eigenvalue weighted by Crippen LogP contribution is -2.41. The van der Waals surface area contributed by atoms with Gasteiger partial charge in [-0.05, 0) is 31.4 Å². The lowest BCUT2D eigenvalue weighted by atomic mass is 10.0. The molecule has 2 aliphatic heterocycles. The SMILES string of the molecule is O=C1NC2(CC2)COc2ncc(F)cc2[C@H]2CCOCCN2c2ccn3ncc1c3n2. The predicted molar refractivity (Wildman–Crippen MR) is 108 cm³/mol. The van der Waals surface area contributed by atoms with Crippen LogP contribution in [0.3, 0.4) is 0 Å². The largest absolute Gasteiger partial charge is 0.475 e. The van der Waals surface area contributed by atoms with Crippen LogP contribution in [0, 0.1) is 5.82 Å². The molecule has 31 heavy (non-hydrogen) atoms. The Morgan fingerprint density at radius 2 is 2.16 bits per heavy atom. The van der Waals surface area contributed by atoms with Crippen molar-refractivity contribution in [2.24, 2.45) is 0 Å². The van der Waals surface area contributed by atoms with Crippen molar-refractivity contribution in [3.8, 4) is 5.88 Å².